The average molecular weight is 326 g/mol. The summed E-state index contributed by atoms with van der Waals surface area (Å²) in [5.41, 5.74) is 3.31. The molecule has 0 spiro atoms. The smallest absolute Gasteiger partial charge is 0.251 e. The molecule has 0 saturated carbocycles. The lowest BCUT2D eigenvalue weighted by molar-refractivity contribution is 0.0816. The van der Waals surface area contributed by atoms with Gasteiger partial charge in [0.25, 0.3) is 5.91 Å². The second-order valence-corrected chi connectivity index (χ2v) is 6.05. The monoisotopic (exact) mass is 326 g/mol. The molecule has 4 heteroatoms. The first kappa shape index (κ1) is 18.1. The third-order valence-electron chi connectivity index (χ3n) is 4.58. The summed E-state index contributed by atoms with van der Waals surface area (Å²) >= 11 is 0. The molecule has 2 N–H and O–H groups in total. The van der Waals surface area contributed by atoms with E-state index in [-0.39, 0.29) is 18.4 Å². The van der Waals surface area contributed by atoms with Crippen molar-refractivity contribution in [3.8, 4) is 11.3 Å². The molecule has 1 amide bonds. The van der Waals surface area contributed by atoms with Crippen molar-refractivity contribution < 1.29 is 9.90 Å². The van der Waals surface area contributed by atoms with Crippen LogP contribution in [-0.2, 0) is 0 Å². The molecule has 0 saturated heterocycles. The van der Waals surface area contributed by atoms with Crippen LogP contribution in [-0.4, -0.2) is 28.6 Å². The highest BCUT2D eigenvalue weighted by Crippen LogP contribution is 2.23. The standard InChI is InChI=1S/C20H26N2O2/c1-4-15(5-2)19(23)13-22-20(24)17-10-8-9-16(14(17)3)18-11-6-7-12-21-18/h6-12,15,19,23H,4-5,13H2,1-3H3,(H,22,24). The predicted molar refractivity (Wildman–Crippen MR) is 96.8 cm³/mol. The zero-order valence-corrected chi connectivity index (χ0v) is 14.6. The number of carbonyl (C=O) groups excluding carboxylic acids is 1. The first-order valence-corrected chi connectivity index (χ1v) is 8.55. The lowest BCUT2D eigenvalue weighted by Gasteiger charge is -2.20. The molecule has 0 aliphatic carbocycles. The molecule has 2 aromatic rings. The van der Waals surface area contributed by atoms with Crippen molar-refractivity contribution in [1.82, 2.24) is 10.3 Å². The van der Waals surface area contributed by atoms with Crippen molar-refractivity contribution in [1.29, 1.82) is 0 Å². The number of aromatic nitrogens is 1. The number of hydrogen-bond acceptors (Lipinski definition) is 3. The quantitative estimate of drug-likeness (QED) is 0.817. The average Bonchev–Trinajstić information content (AvgIpc) is 2.61. The molecule has 2 rings (SSSR count). The molecular weight excluding hydrogens is 300 g/mol. The number of aliphatic hydroxyl groups excluding tert-OH is 1. The molecule has 1 aromatic carbocycles. The van der Waals surface area contributed by atoms with Gasteiger partial charge in [-0.15, -0.1) is 0 Å². The van der Waals surface area contributed by atoms with E-state index in [1.165, 1.54) is 0 Å². The van der Waals surface area contributed by atoms with Crippen LogP contribution >= 0.6 is 0 Å². The number of pyridine rings is 1. The third kappa shape index (κ3) is 4.20. The summed E-state index contributed by atoms with van der Waals surface area (Å²) in [7, 11) is 0. The Morgan fingerprint density at radius 1 is 1.17 bits per heavy atom. The van der Waals surface area contributed by atoms with Gasteiger partial charge in [-0.3, -0.25) is 9.78 Å². The maximum Gasteiger partial charge on any atom is 0.251 e. The van der Waals surface area contributed by atoms with Crippen molar-refractivity contribution in [2.75, 3.05) is 6.54 Å². The topological polar surface area (TPSA) is 62.2 Å². The second kappa shape index (κ2) is 8.60. The Labute approximate surface area is 143 Å². The number of aliphatic hydroxyl groups is 1. The van der Waals surface area contributed by atoms with Crippen LogP contribution in [0.1, 0.15) is 42.6 Å². The van der Waals surface area contributed by atoms with Gasteiger partial charge < -0.3 is 10.4 Å². The summed E-state index contributed by atoms with van der Waals surface area (Å²) < 4.78 is 0. The van der Waals surface area contributed by atoms with E-state index >= 15 is 0 Å². The van der Waals surface area contributed by atoms with Crippen LogP contribution < -0.4 is 5.32 Å². The zero-order chi connectivity index (χ0) is 17.5. The number of rotatable bonds is 7. The maximum absolute atomic E-state index is 12.5. The molecule has 1 atom stereocenters. The minimum absolute atomic E-state index is 0.157. The van der Waals surface area contributed by atoms with Crippen LogP contribution in [0.4, 0.5) is 0 Å². The molecule has 1 aromatic heterocycles. The number of amides is 1. The van der Waals surface area contributed by atoms with E-state index in [4.69, 9.17) is 0 Å². The van der Waals surface area contributed by atoms with Crippen LogP contribution in [0.15, 0.2) is 42.6 Å². The molecule has 0 bridgehead atoms. The molecule has 128 valence electrons. The Hall–Kier alpha value is -2.20. The Morgan fingerprint density at radius 3 is 2.54 bits per heavy atom. The van der Waals surface area contributed by atoms with Crippen molar-refractivity contribution in [2.24, 2.45) is 5.92 Å². The molecule has 0 fully saturated rings. The van der Waals surface area contributed by atoms with Gasteiger partial charge in [-0.1, -0.05) is 44.9 Å². The van der Waals surface area contributed by atoms with Gasteiger partial charge in [0, 0.05) is 23.9 Å². The molecule has 24 heavy (non-hydrogen) atoms. The fourth-order valence-corrected chi connectivity index (χ4v) is 2.97. The van der Waals surface area contributed by atoms with Crippen LogP contribution in [0.5, 0.6) is 0 Å². The fourth-order valence-electron chi connectivity index (χ4n) is 2.97. The highest BCUT2D eigenvalue weighted by Gasteiger charge is 2.18. The van der Waals surface area contributed by atoms with E-state index in [1.54, 1.807) is 12.3 Å². The van der Waals surface area contributed by atoms with Crippen molar-refractivity contribution >= 4 is 5.91 Å². The van der Waals surface area contributed by atoms with Gasteiger partial charge in [0.1, 0.15) is 0 Å². The summed E-state index contributed by atoms with van der Waals surface area (Å²) in [6, 6.07) is 11.4. The minimum atomic E-state index is -0.511. The van der Waals surface area contributed by atoms with E-state index < -0.39 is 6.10 Å². The second-order valence-electron chi connectivity index (χ2n) is 6.05. The molecule has 1 unspecified atom stereocenters. The highest BCUT2D eigenvalue weighted by atomic mass is 16.3. The van der Waals surface area contributed by atoms with Crippen LogP contribution in [0, 0.1) is 12.8 Å². The number of carbonyl (C=O) groups is 1. The van der Waals surface area contributed by atoms with Crippen LogP contribution in [0.25, 0.3) is 11.3 Å². The summed E-state index contributed by atoms with van der Waals surface area (Å²) in [6.45, 7) is 6.31. The summed E-state index contributed by atoms with van der Waals surface area (Å²) in [5, 5.41) is 13.0. The maximum atomic E-state index is 12.5. The van der Waals surface area contributed by atoms with Gasteiger partial charge in [0.2, 0.25) is 0 Å². The first-order chi connectivity index (χ1) is 11.6. The van der Waals surface area contributed by atoms with E-state index in [0.29, 0.717) is 5.56 Å². The fraction of sp³-hybridized carbons (Fsp3) is 0.400. The molecule has 0 radical (unpaired) electrons. The van der Waals surface area contributed by atoms with Crippen LogP contribution in [0.3, 0.4) is 0 Å². The molecule has 4 nitrogen and oxygen atoms in total. The Morgan fingerprint density at radius 2 is 1.92 bits per heavy atom. The molecule has 0 aliphatic rings. The number of nitrogens with zero attached hydrogens (tertiary/aromatic N) is 1. The molecular formula is C20H26N2O2. The van der Waals surface area contributed by atoms with Crippen molar-refractivity contribution in [2.45, 2.75) is 39.7 Å². The van der Waals surface area contributed by atoms with Crippen molar-refractivity contribution in [3.63, 3.8) is 0 Å². The van der Waals surface area contributed by atoms with Gasteiger partial charge in [0.05, 0.1) is 11.8 Å². The van der Waals surface area contributed by atoms with Gasteiger partial charge in [0.15, 0.2) is 0 Å². The summed E-state index contributed by atoms with van der Waals surface area (Å²) in [5.74, 6) is 0.0570. The summed E-state index contributed by atoms with van der Waals surface area (Å²) in [6.07, 6.45) is 3.04. The third-order valence-corrected chi connectivity index (χ3v) is 4.58. The lowest BCUT2D eigenvalue weighted by atomic mass is 9.96. The predicted octanol–water partition coefficient (Wildman–Crippen LogP) is 3.58. The SMILES string of the molecule is CCC(CC)C(O)CNC(=O)c1cccc(-c2ccccn2)c1C. The van der Waals surface area contributed by atoms with Crippen LogP contribution in [0.2, 0.25) is 0 Å². The van der Waals surface area contributed by atoms with Gasteiger partial charge in [-0.2, -0.15) is 0 Å². The zero-order valence-electron chi connectivity index (χ0n) is 14.6. The number of nitrogens with one attached hydrogen (secondary N) is 1. The van der Waals surface area contributed by atoms with E-state index in [9.17, 15) is 9.90 Å². The van der Waals surface area contributed by atoms with Crippen molar-refractivity contribution in [3.05, 3.63) is 53.7 Å². The molecule has 1 heterocycles. The highest BCUT2D eigenvalue weighted by molar-refractivity contribution is 5.97. The minimum Gasteiger partial charge on any atom is -0.391 e. The van der Waals surface area contributed by atoms with E-state index in [2.05, 4.69) is 24.1 Å². The normalized spacial score (nSPS) is 12.2. The largest absolute Gasteiger partial charge is 0.391 e. The van der Waals surface area contributed by atoms with Gasteiger partial charge >= 0.3 is 0 Å². The summed E-state index contributed by atoms with van der Waals surface area (Å²) in [4.78, 5) is 16.9. The van der Waals surface area contributed by atoms with E-state index in [0.717, 1.165) is 29.7 Å². The Bertz CT molecular complexity index is 667. The Kier molecular flexibility index (Phi) is 6.50. The molecule has 0 aliphatic heterocycles. The van der Waals surface area contributed by atoms with Gasteiger partial charge in [-0.25, -0.2) is 0 Å². The Balaban J connectivity index is 2.13. The van der Waals surface area contributed by atoms with Gasteiger partial charge in [-0.05, 0) is 36.6 Å². The number of benzene rings is 1. The van der Waals surface area contributed by atoms with E-state index in [1.807, 2.05) is 37.3 Å². The number of hydrogen-bond donors (Lipinski definition) is 2. The lowest BCUT2D eigenvalue weighted by Crippen LogP contribution is -2.36. The first-order valence-electron chi connectivity index (χ1n) is 8.55.